The van der Waals surface area contributed by atoms with Crippen LogP contribution in [0.4, 0.5) is 9.52 Å². The molecule has 22 heavy (non-hydrogen) atoms. The van der Waals surface area contributed by atoms with E-state index in [1.165, 1.54) is 23.5 Å². The summed E-state index contributed by atoms with van der Waals surface area (Å²) in [4.78, 5) is 7.57. The standard InChI is InChI=1S/C15H18FN3OS.ClH/c1-10-7-19(8-13-6-18-15(17)21-13)9-14(20-10)11-2-4-12(16)5-3-11;/h2-6,10,14H,7-9H2,1H3,(H2,17,18);1H. The van der Waals surface area contributed by atoms with Crippen molar-refractivity contribution in [2.24, 2.45) is 0 Å². The van der Waals surface area contributed by atoms with Crippen molar-refractivity contribution in [2.45, 2.75) is 25.7 Å². The molecule has 3 rings (SSSR count). The van der Waals surface area contributed by atoms with Crippen molar-refractivity contribution in [1.82, 2.24) is 9.88 Å². The van der Waals surface area contributed by atoms with Crippen LogP contribution in [-0.4, -0.2) is 29.1 Å². The van der Waals surface area contributed by atoms with Gasteiger partial charge in [-0.25, -0.2) is 9.37 Å². The molecule has 0 bridgehead atoms. The van der Waals surface area contributed by atoms with Crippen LogP contribution in [-0.2, 0) is 11.3 Å². The average molecular weight is 344 g/mol. The number of anilines is 1. The molecule has 2 heterocycles. The highest BCUT2D eigenvalue weighted by Gasteiger charge is 2.26. The Balaban J connectivity index is 0.00000176. The molecule has 0 radical (unpaired) electrons. The minimum absolute atomic E-state index is 0. The number of ether oxygens (including phenoxy) is 1. The molecule has 1 aromatic carbocycles. The average Bonchev–Trinajstić information content (AvgIpc) is 2.84. The number of rotatable bonds is 3. The molecule has 0 aliphatic carbocycles. The normalized spacial score (nSPS) is 22.3. The van der Waals surface area contributed by atoms with Crippen molar-refractivity contribution in [3.8, 4) is 0 Å². The number of nitrogen functional groups attached to an aromatic ring is 1. The Bertz CT molecular complexity index is 607. The first kappa shape index (κ1) is 17.1. The van der Waals surface area contributed by atoms with Gasteiger partial charge < -0.3 is 10.5 Å². The van der Waals surface area contributed by atoms with E-state index in [-0.39, 0.29) is 30.4 Å². The van der Waals surface area contributed by atoms with E-state index in [0.717, 1.165) is 30.1 Å². The second-order valence-corrected chi connectivity index (χ2v) is 6.49. The molecule has 0 spiro atoms. The van der Waals surface area contributed by atoms with Gasteiger partial charge in [-0.3, -0.25) is 4.90 Å². The Morgan fingerprint density at radius 3 is 2.73 bits per heavy atom. The fourth-order valence-electron chi connectivity index (χ4n) is 2.65. The third kappa shape index (κ3) is 4.16. The number of benzene rings is 1. The van der Waals surface area contributed by atoms with E-state index < -0.39 is 0 Å². The zero-order valence-electron chi connectivity index (χ0n) is 12.2. The first-order chi connectivity index (χ1) is 10.1. The van der Waals surface area contributed by atoms with Crippen LogP contribution < -0.4 is 5.73 Å². The summed E-state index contributed by atoms with van der Waals surface area (Å²) in [6.07, 6.45) is 1.94. The van der Waals surface area contributed by atoms with Gasteiger partial charge in [0.15, 0.2) is 5.13 Å². The summed E-state index contributed by atoms with van der Waals surface area (Å²) in [7, 11) is 0. The topological polar surface area (TPSA) is 51.4 Å². The number of nitrogens with zero attached hydrogens (tertiary/aromatic N) is 2. The highest BCUT2D eigenvalue weighted by atomic mass is 35.5. The number of nitrogens with two attached hydrogens (primary N) is 1. The number of halogens is 2. The predicted octanol–water partition coefficient (Wildman–Crippen LogP) is 3.25. The van der Waals surface area contributed by atoms with Crippen molar-refractivity contribution in [3.05, 3.63) is 46.7 Å². The van der Waals surface area contributed by atoms with Crippen LogP contribution in [0.5, 0.6) is 0 Å². The third-order valence-corrected chi connectivity index (χ3v) is 4.34. The van der Waals surface area contributed by atoms with Crippen LogP contribution in [0.1, 0.15) is 23.5 Å². The minimum Gasteiger partial charge on any atom is -0.375 e. The molecule has 1 aliphatic heterocycles. The van der Waals surface area contributed by atoms with Crippen LogP contribution in [0, 0.1) is 5.82 Å². The molecule has 7 heteroatoms. The molecular weight excluding hydrogens is 325 g/mol. The Morgan fingerprint density at radius 2 is 2.09 bits per heavy atom. The molecule has 120 valence electrons. The quantitative estimate of drug-likeness (QED) is 0.929. The monoisotopic (exact) mass is 343 g/mol. The van der Waals surface area contributed by atoms with Gasteiger partial charge in [0, 0.05) is 30.7 Å². The highest BCUT2D eigenvalue weighted by Crippen LogP contribution is 2.27. The molecule has 0 saturated carbocycles. The Morgan fingerprint density at radius 1 is 1.36 bits per heavy atom. The SMILES string of the molecule is CC1CN(Cc2cnc(N)s2)CC(c2ccc(F)cc2)O1.Cl. The van der Waals surface area contributed by atoms with Gasteiger partial charge in [0.1, 0.15) is 5.82 Å². The summed E-state index contributed by atoms with van der Waals surface area (Å²) in [6.45, 7) is 4.53. The zero-order chi connectivity index (χ0) is 14.8. The van der Waals surface area contributed by atoms with Crippen molar-refractivity contribution in [2.75, 3.05) is 18.8 Å². The van der Waals surface area contributed by atoms with Crippen molar-refractivity contribution < 1.29 is 9.13 Å². The lowest BCUT2D eigenvalue weighted by Gasteiger charge is -2.36. The van der Waals surface area contributed by atoms with E-state index in [2.05, 4.69) is 16.8 Å². The number of hydrogen-bond acceptors (Lipinski definition) is 5. The lowest BCUT2D eigenvalue weighted by atomic mass is 10.1. The first-order valence-corrected chi connectivity index (χ1v) is 7.75. The van der Waals surface area contributed by atoms with E-state index in [4.69, 9.17) is 10.5 Å². The lowest BCUT2D eigenvalue weighted by Crippen LogP contribution is -2.42. The number of hydrogen-bond donors (Lipinski definition) is 1. The van der Waals surface area contributed by atoms with Crippen molar-refractivity contribution >= 4 is 28.9 Å². The summed E-state index contributed by atoms with van der Waals surface area (Å²) in [5.41, 5.74) is 6.68. The van der Waals surface area contributed by atoms with Gasteiger partial charge in [-0.2, -0.15) is 0 Å². The van der Waals surface area contributed by atoms with Crippen molar-refractivity contribution in [1.29, 1.82) is 0 Å². The van der Waals surface area contributed by atoms with Crippen molar-refractivity contribution in [3.63, 3.8) is 0 Å². The molecule has 1 aromatic heterocycles. The van der Waals surface area contributed by atoms with Crippen LogP contribution in [0.2, 0.25) is 0 Å². The molecule has 1 aliphatic rings. The molecule has 2 unspecified atom stereocenters. The van der Waals surface area contributed by atoms with E-state index >= 15 is 0 Å². The summed E-state index contributed by atoms with van der Waals surface area (Å²) >= 11 is 1.52. The minimum atomic E-state index is -0.223. The Labute approximate surface area is 139 Å². The Hall–Kier alpha value is -1.21. The lowest BCUT2D eigenvalue weighted by molar-refractivity contribution is -0.0812. The first-order valence-electron chi connectivity index (χ1n) is 6.93. The molecule has 2 aromatic rings. The van der Waals surface area contributed by atoms with Crippen LogP contribution in [0.25, 0.3) is 0 Å². The fourth-order valence-corrected chi connectivity index (χ4v) is 3.37. The third-order valence-electron chi connectivity index (χ3n) is 3.53. The smallest absolute Gasteiger partial charge is 0.180 e. The van der Waals surface area contributed by atoms with Gasteiger partial charge in [0.05, 0.1) is 12.2 Å². The molecule has 0 amide bonds. The molecule has 1 saturated heterocycles. The van der Waals surface area contributed by atoms with Crippen LogP contribution in [0.3, 0.4) is 0 Å². The van der Waals surface area contributed by atoms with E-state index in [9.17, 15) is 4.39 Å². The van der Waals surface area contributed by atoms with Gasteiger partial charge in [-0.05, 0) is 24.6 Å². The zero-order valence-corrected chi connectivity index (χ0v) is 13.9. The van der Waals surface area contributed by atoms with Gasteiger partial charge in [0.2, 0.25) is 0 Å². The molecule has 1 fully saturated rings. The molecule has 4 nitrogen and oxygen atoms in total. The second-order valence-electron chi connectivity index (χ2n) is 5.35. The van der Waals surface area contributed by atoms with Gasteiger partial charge in [-0.1, -0.05) is 12.1 Å². The highest BCUT2D eigenvalue weighted by molar-refractivity contribution is 7.15. The van der Waals surface area contributed by atoms with E-state index in [1.807, 2.05) is 6.20 Å². The molecule has 2 atom stereocenters. The number of aromatic nitrogens is 1. The predicted molar refractivity (Wildman–Crippen MR) is 88.7 cm³/mol. The fraction of sp³-hybridized carbons (Fsp3) is 0.400. The second kappa shape index (κ2) is 7.37. The van der Waals surface area contributed by atoms with E-state index in [0.29, 0.717) is 5.13 Å². The maximum Gasteiger partial charge on any atom is 0.180 e. The summed E-state index contributed by atoms with van der Waals surface area (Å²) in [6, 6.07) is 6.54. The maximum atomic E-state index is 13.0. The number of thiazole rings is 1. The van der Waals surface area contributed by atoms with E-state index in [1.54, 1.807) is 12.1 Å². The largest absolute Gasteiger partial charge is 0.375 e. The maximum absolute atomic E-state index is 13.0. The summed E-state index contributed by atoms with van der Waals surface area (Å²) in [5.74, 6) is -0.223. The van der Waals surface area contributed by atoms with Gasteiger partial charge in [-0.15, -0.1) is 23.7 Å². The van der Waals surface area contributed by atoms with Gasteiger partial charge >= 0.3 is 0 Å². The molecular formula is C15H19ClFN3OS. The molecule has 2 N–H and O–H groups in total. The summed E-state index contributed by atoms with van der Waals surface area (Å²) < 4.78 is 19.0. The van der Waals surface area contributed by atoms with Crippen LogP contribution >= 0.6 is 23.7 Å². The van der Waals surface area contributed by atoms with Crippen LogP contribution in [0.15, 0.2) is 30.5 Å². The summed E-state index contributed by atoms with van der Waals surface area (Å²) in [5, 5.41) is 0.599. The number of morpholine rings is 1. The Kier molecular flexibility index (Phi) is 5.74. The van der Waals surface area contributed by atoms with Gasteiger partial charge in [0.25, 0.3) is 0 Å².